The van der Waals surface area contributed by atoms with Gasteiger partial charge in [0.1, 0.15) is 11.7 Å². The molecule has 6 heteroatoms. The molecule has 1 aromatic heterocycles. The Bertz CT molecular complexity index is 664. The van der Waals surface area contributed by atoms with Crippen molar-refractivity contribution in [2.45, 2.75) is 25.8 Å². The molecule has 0 unspecified atom stereocenters. The van der Waals surface area contributed by atoms with Gasteiger partial charge in [-0.1, -0.05) is 17.7 Å². The molecule has 0 radical (unpaired) electrons. The molecule has 0 aliphatic carbocycles. The number of aromatic amines is 1. The summed E-state index contributed by atoms with van der Waals surface area (Å²) in [5, 5.41) is 2.78. The van der Waals surface area contributed by atoms with Gasteiger partial charge in [0, 0.05) is 12.2 Å². The van der Waals surface area contributed by atoms with Crippen LogP contribution in [0, 0.1) is 6.92 Å². The smallest absolute Gasteiger partial charge is 0.269 e. The lowest BCUT2D eigenvalue weighted by Crippen LogP contribution is -2.52. The number of piperidine rings is 1. The number of rotatable bonds is 3. The maximum atomic E-state index is 12.6. The van der Waals surface area contributed by atoms with Crippen molar-refractivity contribution < 1.29 is 9.59 Å². The first-order chi connectivity index (χ1) is 10.6. The lowest BCUT2D eigenvalue weighted by atomic mass is 10.0. The maximum Gasteiger partial charge on any atom is 0.269 e. The van der Waals surface area contributed by atoms with E-state index < -0.39 is 6.04 Å². The van der Waals surface area contributed by atoms with Gasteiger partial charge in [-0.15, -0.1) is 0 Å². The first kappa shape index (κ1) is 14.3. The molecule has 0 spiro atoms. The van der Waals surface area contributed by atoms with Crippen molar-refractivity contribution in [2.24, 2.45) is 0 Å². The van der Waals surface area contributed by atoms with Crippen molar-refractivity contribution in [3.63, 3.8) is 0 Å². The Morgan fingerprint density at radius 3 is 2.82 bits per heavy atom. The largest absolute Gasteiger partial charge is 0.341 e. The minimum Gasteiger partial charge on any atom is -0.341 e. The summed E-state index contributed by atoms with van der Waals surface area (Å²) in [5.74, 6) is -0.371. The van der Waals surface area contributed by atoms with Gasteiger partial charge in [0.15, 0.2) is 0 Å². The van der Waals surface area contributed by atoms with E-state index in [1.807, 2.05) is 31.2 Å². The topological polar surface area (TPSA) is 78.1 Å². The Balaban J connectivity index is 1.72. The van der Waals surface area contributed by atoms with E-state index in [-0.39, 0.29) is 11.8 Å². The summed E-state index contributed by atoms with van der Waals surface area (Å²) < 4.78 is 0. The molecule has 0 bridgehead atoms. The highest BCUT2D eigenvalue weighted by atomic mass is 16.2. The van der Waals surface area contributed by atoms with Crippen LogP contribution in [0.1, 0.15) is 28.9 Å². The van der Waals surface area contributed by atoms with E-state index in [1.54, 1.807) is 4.90 Å². The third-order valence-electron chi connectivity index (χ3n) is 3.83. The summed E-state index contributed by atoms with van der Waals surface area (Å²) in [7, 11) is 0. The molecule has 1 fully saturated rings. The van der Waals surface area contributed by atoms with Gasteiger partial charge < -0.3 is 15.2 Å². The number of imidazole rings is 1. The van der Waals surface area contributed by atoms with E-state index in [0.717, 1.165) is 17.7 Å². The Kier molecular flexibility index (Phi) is 3.91. The number of anilines is 1. The Hall–Kier alpha value is -2.63. The van der Waals surface area contributed by atoms with Gasteiger partial charge in [-0.05, 0) is 31.9 Å². The standard InChI is InChI=1S/C16H18N4O2/c1-11-4-6-12(7-5-11)20-8-2-3-13(16(20)22)19-15(21)14-9-17-10-18-14/h4-7,9-10,13H,2-3,8H2,1H3,(H,17,18)(H,19,21)/t13-/m1/s1. The van der Waals surface area contributed by atoms with Crippen molar-refractivity contribution >= 4 is 17.5 Å². The van der Waals surface area contributed by atoms with Crippen LogP contribution in [0.15, 0.2) is 36.8 Å². The zero-order valence-corrected chi connectivity index (χ0v) is 12.4. The molecular formula is C16H18N4O2. The highest BCUT2D eigenvalue weighted by Crippen LogP contribution is 2.21. The van der Waals surface area contributed by atoms with Crippen molar-refractivity contribution in [3.05, 3.63) is 48.0 Å². The fourth-order valence-electron chi connectivity index (χ4n) is 2.61. The van der Waals surface area contributed by atoms with Gasteiger partial charge in [0.2, 0.25) is 5.91 Å². The van der Waals surface area contributed by atoms with Crippen LogP contribution in [0.4, 0.5) is 5.69 Å². The van der Waals surface area contributed by atoms with Crippen molar-refractivity contribution in [3.8, 4) is 0 Å². The van der Waals surface area contributed by atoms with Gasteiger partial charge in [-0.2, -0.15) is 0 Å². The normalized spacial score (nSPS) is 18.3. The van der Waals surface area contributed by atoms with Crippen LogP contribution in [-0.2, 0) is 4.79 Å². The molecule has 6 nitrogen and oxygen atoms in total. The summed E-state index contributed by atoms with van der Waals surface area (Å²) in [5.41, 5.74) is 2.38. The fourth-order valence-corrected chi connectivity index (χ4v) is 2.61. The third-order valence-corrected chi connectivity index (χ3v) is 3.83. The summed E-state index contributed by atoms with van der Waals surface area (Å²) >= 11 is 0. The van der Waals surface area contributed by atoms with Gasteiger partial charge in [-0.3, -0.25) is 9.59 Å². The number of nitrogens with zero attached hydrogens (tertiary/aromatic N) is 2. The quantitative estimate of drug-likeness (QED) is 0.904. The molecule has 1 aliphatic heterocycles. The minimum atomic E-state index is -0.495. The van der Waals surface area contributed by atoms with Gasteiger partial charge in [0.05, 0.1) is 12.5 Å². The Labute approximate surface area is 128 Å². The first-order valence-corrected chi connectivity index (χ1v) is 7.32. The first-order valence-electron chi connectivity index (χ1n) is 7.32. The van der Waals surface area contributed by atoms with Crippen LogP contribution in [0.5, 0.6) is 0 Å². The molecule has 114 valence electrons. The molecule has 22 heavy (non-hydrogen) atoms. The number of amides is 2. The second-order valence-electron chi connectivity index (χ2n) is 5.46. The minimum absolute atomic E-state index is 0.0667. The number of benzene rings is 1. The molecule has 2 amide bonds. The van der Waals surface area contributed by atoms with E-state index in [0.29, 0.717) is 18.7 Å². The summed E-state index contributed by atoms with van der Waals surface area (Å²) in [6.45, 7) is 2.69. The predicted octanol–water partition coefficient (Wildman–Crippen LogP) is 1.64. The highest BCUT2D eigenvalue weighted by molar-refractivity contribution is 6.02. The average molecular weight is 298 g/mol. The number of carbonyl (C=O) groups is 2. The maximum absolute atomic E-state index is 12.6. The average Bonchev–Trinajstić information content (AvgIpc) is 3.05. The number of H-pyrrole nitrogens is 1. The number of nitrogens with one attached hydrogen (secondary N) is 2. The molecule has 1 atom stereocenters. The number of hydrogen-bond acceptors (Lipinski definition) is 3. The predicted molar refractivity (Wildman–Crippen MR) is 82.6 cm³/mol. The monoisotopic (exact) mass is 298 g/mol. The zero-order valence-electron chi connectivity index (χ0n) is 12.4. The number of aromatic nitrogens is 2. The van der Waals surface area contributed by atoms with Gasteiger partial charge in [-0.25, -0.2) is 4.98 Å². The van der Waals surface area contributed by atoms with E-state index in [4.69, 9.17) is 0 Å². The molecular weight excluding hydrogens is 280 g/mol. The second kappa shape index (κ2) is 6.01. The molecule has 3 rings (SSSR count). The van der Waals surface area contributed by atoms with Crippen LogP contribution in [0.25, 0.3) is 0 Å². The lowest BCUT2D eigenvalue weighted by Gasteiger charge is -2.32. The second-order valence-corrected chi connectivity index (χ2v) is 5.46. The Morgan fingerprint density at radius 1 is 1.36 bits per heavy atom. The SMILES string of the molecule is Cc1ccc(N2CCC[C@@H](NC(=O)c3cnc[nH]3)C2=O)cc1. The van der Waals surface area contributed by atoms with Crippen molar-refractivity contribution in [2.75, 3.05) is 11.4 Å². The summed E-state index contributed by atoms with van der Waals surface area (Å²) in [6.07, 6.45) is 4.39. The molecule has 1 saturated heterocycles. The number of aryl methyl sites for hydroxylation is 1. The van der Waals surface area contributed by atoms with E-state index >= 15 is 0 Å². The zero-order chi connectivity index (χ0) is 15.5. The van der Waals surface area contributed by atoms with E-state index in [9.17, 15) is 9.59 Å². The van der Waals surface area contributed by atoms with E-state index in [2.05, 4.69) is 15.3 Å². The van der Waals surface area contributed by atoms with Gasteiger partial charge in [0.25, 0.3) is 5.91 Å². The molecule has 1 aromatic carbocycles. The van der Waals surface area contributed by atoms with Gasteiger partial charge >= 0.3 is 0 Å². The highest BCUT2D eigenvalue weighted by Gasteiger charge is 2.31. The lowest BCUT2D eigenvalue weighted by molar-refractivity contribution is -0.121. The van der Waals surface area contributed by atoms with Crippen LogP contribution in [0.3, 0.4) is 0 Å². The molecule has 2 heterocycles. The van der Waals surface area contributed by atoms with Crippen LogP contribution in [-0.4, -0.2) is 34.4 Å². The molecule has 0 saturated carbocycles. The number of carbonyl (C=O) groups excluding carboxylic acids is 2. The fraction of sp³-hybridized carbons (Fsp3) is 0.312. The molecule has 1 aliphatic rings. The summed E-state index contributed by atoms with van der Waals surface area (Å²) in [6, 6.07) is 7.34. The van der Waals surface area contributed by atoms with Crippen molar-refractivity contribution in [1.82, 2.24) is 15.3 Å². The third kappa shape index (κ3) is 2.86. The number of hydrogen-bond donors (Lipinski definition) is 2. The van der Waals surface area contributed by atoms with E-state index in [1.165, 1.54) is 12.5 Å². The molecule has 2 N–H and O–H groups in total. The van der Waals surface area contributed by atoms with Crippen LogP contribution < -0.4 is 10.2 Å². The Morgan fingerprint density at radius 2 is 2.14 bits per heavy atom. The molecule has 2 aromatic rings. The summed E-state index contributed by atoms with van der Waals surface area (Å²) in [4.78, 5) is 32.9. The van der Waals surface area contributed by atoms with Crippen molar-refractivity contribution in [1.29, 1.82) is 0 Å². The van der Waals surface area contributed by atoms with Crippen LogP contribution in [0.2, 0.25) is 0 Å². The van der Waals surface area contributed by atoms with Crippen LogP contribution >= 0.6 is 0 Å².